The number of nitro benzene ring substituents is 1. The Morgan fingerprint density at radius 3 is 2.34 bits per heavy atom. The van der Waals surface area contributed by atoms with Crippen LogP contribution in [0.2, 0.25) is 0 Å². The Labute approximate surface area is 202 Å². The van der Waals surface area contributed by atoms with Gasteiger partial charge in [0, 0.05) is 17.8 Å². The molecule has 0 aliphatic rings. The zero-order valence-electron chi connectivity index (χ0n) is 18.9. The smallest absolute Gasteiger partial charge is 0.270 e. The van der Waals surface area contributed by atoms with Crippen molar-refractivity contribution in [3.05, 3.63) is 101 Å². The first-order valence-corrected chi connectivity index (χ1v) is 12.0. The van der Waals surface area contributed by atoms with Gasteiger partial charge >= 0.3 is 0 Å². The first-order valence-electron chi connectivity index (χ1n) is 10.5. The van der Waals surface area contributed by atoms with Crippen molar-refractivity contribution in [3.8, 4) is 5.75 Å². The third-order valence-corrected chi connectivity index (χ3v) is 6.74. The van der Waals surface area contributed by atoms with E-state index < -0.39 is 14.9 Å². The predicted molar refractivity (Wildman–Crippen MR) is 137 cm³/mol. The molecule has 178 valence electrons. The van der Waals surface area contributed by atoms with E-state index in [4.69, 9.17) is 4.74 Å². The SMILES string of the molecule is COc1ccc(NS(=O)(=O)c2cc([N+](=O)[O-])ccc2NN=C(C)c2ccc3ccccc3c2)cc1. The summed E-state index contributed by atoms with van der Waals surface area (Å²) in [7, 11) is -2.69. The van der Waals surface area contributed by atoms with Crippen LogP contribution in [0.1, 0.15) is 12.5 Å². The molecular weight excluding hydrogens is 468 g/mol. The number of hydrazone groups is 1. The van der Waals surface area contributed by atoms with Gasteiger partial charge in [-0.05, 0) is 59.7 Å². The summed E-state index contributed by atoms with van der Waals surface area (Å²) in [6.07, 6.45) is 0. The van der Waals surface area contributed by atoms with E-state index >= 15 is 0 Å². The summed E-state index contributed by atoms with van der Waals surface area (Å²) in [5.41, 5.74) is 4.23. The highest BCUT2D eigenvalue weighted by molar-refractivity contribution is 7.92. The van der Waals surface area contributed by atoms with Gasteiger partial charge in [-0.2, -0.15) is 5.10 Å². The first-order chi connectivity index (χ1) is 16.8. The van der Waals surface area contributed by atoms with Crippen molar-refractivity contribution in [2.75, 3.05) is 17.3 Å². The fourth-order valence-electron chi connectivity index (χ4n) is 3.43. The lowest BCUT2D eigenvalue weighted by molar-refractivity contribution is -0.385. The van der Waals surface area contributed by atoms with E-state index in [1.165, 1.54) is 31.4 Å². The molecule has 0 aromatic heterocycles. The van der Waals surface area contributed by atoms with Crippen LogP contribution in [0.5, 0.6) is 5.75 Å². The standard InChI is InChI=1S/C25H22N4O5S/c1-17(19-8-7-18-5-3-4-6-20(18)15-19)26-27-24-14-11-22(29(30)31)16-25(24)35(32,33)28-21-9-12-23(34-2)13-10-21/h3-16,27-28H,1-2H3. The Hall–Kier alpha value is -4.44. The molecule has 0 aliphatic heterocycles. The van der Waals surface area contributed by atoms with E-state index in [0.717, 1.165) is 22.4 Å². The number of non-ortho nitro benzene ring substituents is 1. The van der Waals surface area contributed by atoms with Crippen molar-refractivity contribution in [3.63, 3.8) is 0 Å². The number of nitrogens with zero attached hydrogens (tertiary/aromatic N) is 2. The Kier molecular flexibility index (Phi) is 6.65. The second-order valence-electron chi connectivity index (χ2n) is 7.64. The van der Waals surface area contributed by atoms with Crippen molar-refractivity contribution < 1.29 is 18.1 Å². The van der Waals surface area contributed by atoms with E-state index in [0.29, 0.717) is 11.5 Å². The Balaban J connectivity index is 1.66. The van der Waals surface area contributed by atoms with Crippen molar-refractivity contribution in [1.29, 1.82) is 0 Å². The van der Waals surface area contributed by atoms with Crippen LogP contribution in [0.15, 0.2) is 94.9 Å². The van der Waals surface area contributed by atoms with Gasteiger partial charge in [-0.3, -0.25) is 20.3 Å². The number of hydrogen-bond acceptors (Lipinski definition) is 7. The summed E-state index contributed by atoms with van der Waals surface area (Å²) < 4.78 is 33.8. The quantitative estimate of drug-likeness (QED) is 0.194. The van der Waals surface area contributed by atoms with Crippen LogP contribution < -0.4 is 14.9 Å². The van der Waals surface area contributed by atoms with Gasteiger partial charge < -0.3 is 4.74 Å². The maximum absolute atomic E-state index is 13.2. The lowest BCUT2D eigenvalue weighted by Gasteiger charge is -2.13. The number of benzene rings is 4. The number of fused-ring (bicyclic) bond motifs is 1. The zero-order chi connectivity index (χ0) is 25.0. The molecule has 0 atom stereocenters. The van der Waals surface area contributed by atoms with Crippen LogP contribution in [-0.4, -0.2) is 26.2 Å². The molecule has 35 heavy (non-hydrogen) atoms. The average Bonchev–Trinajstić information content (AvgIpc) is 2.87. The molecular formula is C25H22N4O5S. The van der Waals surface area contributed by atoms with E-state index in [2.05, 4.69) is 15.2 Å². The molecule has 4 rings (SSSR count). The molecule has 0 heterocycles. The summed E-state index contributed by atoms with van der Waals surface area (Å²) in [6, 6.07) is 23.6. The highest BCUT2D eigenvalue weighted by Gasteiger charge is 2.23. The van der Waals surface area contributed by atoms with Crippen molar-refractivity contribution in [1.82, 2.24) is 0 Å². The summed E-state index contributed by atoms with van der Waals surface area (Å²) in [5, 5.41) is 17.8. The van der Waals surface area contributed by atoms with Gasteiger partial charge in [-0.15, -0.1) is 0 Å². The zero-order valence-corrected chi connectivity index (χ0v) is 19.7. The molecule has 4 aromatic carbocycles. The monoisotopic (exact) mass is 490 g/mol. The first kappa shape index (κ1) is 23.7. The van der Waals surface area contributed by atoms with E-state index in [1.807, 2.05) is 42.5 Å². The number of hydrogen-bond donors (Lipinski definition) is 2. The lowest BCUT2D eigenvalue weighted by atomic mass is 10.0. The number of rotatable bonds is 8. The highest BCUT2D eigenvalue weighted by Crippen LogP contribution is 2.29. The third kappa shape index (κ3) is 5.39. The number of nitro groups is 1. The molecule has 2 N–H and O–H groups in total. The van der Waals surface area contributed by atoms with Crippen LogP contribution >= 0.6 is 0 Å². The summed E-state index contributed by atoms with van der Waals surface area (Å²) in [6.45, 7) is 1.78. The predicted octanol–water partition coefficient (Wildman–Crippen LogP) is 5.39. The molecule has 0 unspecified atom stereocenters. The molecule has 0 bridgehead atoms. The summed E-state index contributed by atoms with van der Waals surface area (Å²) in [4.78, 5) is 10.3. The van der Waals surface area contributed by atoms with Gasteiger partial charge in [0.15, 0.2) is 0 Å². The fraction of sp³-hybridized carbons (Fsp3) is 0.0800. The van der Waals surface area contributed by atoms with Crippen LogP contribution in [0.4, 0.5) is 17.1 Å². The lowest BCUT2D eigenvalue weighted by Crippen LogP contribution is -2.15. The number of anilines is 2. The Morgan fingerprint density at radius 2 is 1.66 bits per heavy atom. The molecule has 0 aliphatic carbocycles. The molecule has 0 saturated heterocycles. The highest BCUT2D eigenvalue weighted by atomic mass is 32.2. The number of ether oxygens (including phenoxy) is 1. The maximum atomic E-state index is 13.2. The maximum Gasteiger partial charge on any atom is 0.270 e. The van der Waals surface area contributed by atoms with Crippen LogP contribution in [0, 0.1) is 10.1 Å². The summed E-state index contributed by atoms with van der Waals surface area (Å²) in [5.74, 6) is 0.559. The molecule has 10 heteroatoms. The van der Waals surface area contributed by atoms with Crippen molar-refractivity contribution in [2.24, 2.45) is 5.10 Å². The fourth-order valence-corrected chi connectivity index (χ4v) is 4.67. The second kappa shape index (κ2) is 9.82. The molecule has 0 fully saturated rings. The topological polar surface area (TPSA) is 123 Å². The minimum atomic E-state index is -4.19. The molecule has 0 radical (unpaired) electrons. The van der Waals surface area contributed by atoms with Gasteiger partial charge in [-0.1, -0.05) is 36.4 Å². The van der Waals surface area contributed by atoms with Gasteiger partial charge in [0.2, 0.25) is 0 Å². The minimum Gasteiger partial charge on any atom is -0.497 e. The van der Waals surface area contributed by atoms with Crippen LogP contribution in [0.3, 0.4) is 0 Å². The van der Waals surface area contributed by atoms with E-state index in [9.17, 15) is 18.5 Å². The minimum absolute atomic E-state index is 0.0942. The van der Waals surface area contributed by atoms with Crippen molar-refractivity contribution in [2.45, 2.75) is 11.8 Å². The van der Waals surface area contributed by atoms with Crippen LogP contribution in [0.25, 0.3) is 10.8 Å². The Morgan fingerprint density at radius 1 is 0.943 bits per heavy atom. The molecule has 0 amide bonds. The van der Waals surface area contributed by atoms with E-state index in [-0.39, 0.29) is 22.0 Å². The van der Waals surface area contributed by atoms with Gasteiger partial charge in [0.1, 0.15) is 10.6 Å². The number of nitrogens with one attached hydrogen (secondary N) is 2. The second-order valence-corrected chi connectivity index (χ2v) is 9.29. The van der Waals surface area contributed by atoms with Gasteiger partial charge in [0.25, 0.3) is 15.7 Å². The Bertz CT molecular complexity index is 1530. The molecule has 9 nitrogen and oxygen atoms in total. The van der Waals surface area contributed by atoms with Crippen LogP contribution in [-0.2, 0) is 10.0 Å². The molecule has 0 spiro atoms. The van der Waals surface area contributed by atoms with Gasteiger partial charge in [0.05, 0.1) is 23.4 Å². The number of methoxy groups -OCH3 is 1. The summed E-state index contributed by atoms with van der Waals surface area (Å²) >= 11 is 0. The third-order valence-electron chi connectivity index (χ3n) is 5.32. The molecule has 4 aromatic rings. The largest absolute Gasteiger partial charge is 0.497 e. The van der Waals surface area contributed by atoms with Gasteiger partial charge in [-0.25, -0.2) is 8.42 Å². The van der Waals surface area contributed by atoms with Crippen molar-refractivity contribution >= 4 is 43.6 Å². The normalized spacial score (nSPS) is 11.8. The number of sulfonamides is 1. The van der Waals surface area contributed by atoms with E-state index in [1.54, 1.807) is 19.1 Å². The average molecular weight is 491 g/mol. The molecule has 0 saturated carbocycles.